The molecule has 1 atom stereocenters. The summed E-state index contributed by atoms with van der Waals surface area (Å²) in [6.45, 7) is 1.95. The minimum absolute atomic E-state index is 0.00737. The summed E-state index contributed by atoms with van der Waals surface area (Å²) in [4.78, 5) is 31.4. The lowest BCUT2D eigenvalue weighted by molar-refractivity contribution is -0.123. The molecule has 0 spiro atoms. The third-order valence-electron chi connectivity index (χ3n) is 5.48. The zero-order valence-electron chi connectivity index (χ0n) is 16.6. The normalized spacial score (nSPS) is 17.8. The second kappa shape index (κ2) is 6.65. The number of nitrogens with zero attached hydrogens (tertiary/aromatic N) is 7. The number of urea groups is 1. The van der Waals surface area contributed by atoms with Crippen LogP contribution in [0.1, 0.15) is 43.0 Å². The highest BCUT2D eigenvalue weighted by Gasteiger charge is 2.36. The van der Waals surface area contributed by atoms with E-state index in [0.717, 1.165) is 34.5 Å². The van der Waals surface area contributed by atoms with E-state index in [1.54, 1.807) is 4.52 Å². The Morgan fingerprint density at radius 3 is 2.70 bits per heavy atom. The van der Waals surface area contributed by atoms with Gasteiger partial charge in [-0.25, -0.2) is 9.31 Å². The first-order valence-corrected chi connectivity index (χ1v) is 9.74. The van der Waals surface area contributed by atoms with Crippen molar-refractivity contribution in [3.05, 3.63) is 35.7 Å². The fourth-order valence-electron chi connectivity index (χ4n) is 3.64. The Kier molecular flexibility index (Phi) is 4.05. The first kappa shape index (κ1) is 18.3. The lowest BCUT2D eigenvalue weighted by Crippen LogP contribution is -2.31. The number of pyridine rings is 1. The van der Waals surface area contributed by atoms with Crippen molar-refractivity contribution < 1.29 is 9.59 Å². The van der Waals surface area contributed by atoms with Gasteiger partial charge in [0.15, 0.2) is 5.82 Å². The number of rotatable bonds is 5. The number of fused-ring (bicyclic) bond motifs is 1. The molecular weight excluding hydrogens is 386 g/mol. The van der Waals surface area contributed by atoms with Gasteiger partial charge in [-0.3, -0.25) is 14.6 Å². The van der Waals surface area contributed by atoms with Crippen LogP contribution in [0.4, 0.5) is 22.4 Å². The number of hydrogen-bond donors (Lipinski definition) is 2. The van der Waals surface area contributed by atoms with E-state index >= 15 is 0 Å². The van der Waals surface area contributed by atoms with E-state index < -0.39 is 0 Å². The number of amides is 3. The van der Waals surface area contributed by atoms with E-state index in [0.29, 0.717) is 17.6 Å². The molecule has 11 heteroatoms. The maximum Gasteiger partial charge on any atom is 0.332 e. The molecule has 5 rings (SSSR count). The number of nitrogens with two attached hydrogens (primary N) is 1. The topological polar surface area (TPSA) is 135 Å². The number of anilines is 3. The summed E-state index contributed by atoms with van der Waals surface area (Å²) >= 11 is 0. The summed E-state index contributed by atoms with van der Waals surface area (Å²) in [5.74, 6) is 1.43. The minimum atomic E-state index is -0.347. The summed E-state index contributed by atoms with van der Waals surface area (Å²) in [6, 6.07) is 5.49. The van der Waals surface area contributed by atoms with Crippen molar-refractivity contribution in [1.82, 2.24) is 29.7 Å². The summed E-state index contributed by atoms with van der Waals surface area (Å²) in [7, 11) is 1.49. The molecule has 2 fully saturated rings. The number of aromatic nitrogens is 5. The second-order valence-corrected chi connectivity index (χ2v) is 7.71. The average molecular weight is 407 g/mol. The monoisotopic (exact) mass is 407 g/mol. The van der Waals surface area contributed by atoms with Crippen LogP contribution in [0.5, 0.6) is 0 Å². The minimum Gasteiger partial charge on any atom is -0.366 e. The highest BCUT2D eigenvalue weighted by molar-refractivity contribution is 6.11. The van der Waals surface area contributed by atoms with Crippen molar-refractivity contribution in [2.75, 3.05) is 29.5 Å². The van der Waals surface area contributed by atoms with E-state index in [-0.39, 0.29) is 30.5 Å². The highest BCUT2D eigenvalue weighted by Crippen LogP contribution is 2.42. The molecule has 2 aliphatic rings. The van der Waals surface area contributed by atoms with Gasteiger partial charge in [0.25, 0.3) is 5.91 Å². The predicted octanol–water partition coefficient (Wildman–Crippen LogP) is 1.55. The molecule has 3 aromatic heterocycles. The lowest BCUT2D eigenvalue weighted by atomic mass is 10.1. The number of hydrogen-bond acceptors (Lipinski definition) is 8. The van der Waals surface area contributed by atoms with Gasteiger partial charge in [-0.05, 0) is 49.4 Å². The first-order chi connectivity index (χ1) is 14.4. The van der Waals surface area contributed by atoms with Crippen LogP contribution in [0.2, 0.25) is 0 Å². The number of imide groups is 1. The molecule has 154 valence electrons. The Balaban J connectivity index is 1.54. The van der Waals surface area contributed by atoms with Gasteiger partial charge in [0.2, 0.25) is 5.95 Å². The molecule has 3 N–H and O–H groups in total. The first-order valence-electron chi connectivity index (χ1n) is 9.74. The number of carbonyl (C=O) groups excluding carboxylic acids is 2. The smallest absolute Gasteiger partial charge is 0.332 e. The van der Waals surface area contributed by atoms with E-state index in [2.05, 4.69) is 26.6 Å². The molecule has 0 unspecified atom stereocenters. The third-order valence-corrected chi connectivity index (χ3v) is 5.48. The fourth-order valence-corrected chi connectivity index (χ4v) is 3.64. The molecule has 0 radical (unpaired) electrons. The molecule has 0 bridgehead atoms. The molecule has 1 aliphatic heterocycles. The van der Waals surface area contributed by atoms with Gasteiger partial charge in [-0.1, -0.05) is 0 Å². The van der Waals surface area contributed by atoms with Crippen molar-refractivity contribution in [1.29, 1.82) is 0 Å². The standard InChI is InChI=1S/C19H21N9O2/c1-10(22-15-8-21-24-18(20)23-15)14-7-13-5-12(11-3-4-11)6-16(28(13)25-14)27-9-17(29)26(2)19(27)30/h5-8,10-11H,3-4,9H2,1-2H3,(H3,20,22,23,24)/t10-/m1/s1. The summed E-state index contributed by atoms with van der Waals surface area (Å²) < 4.78 is 1.72. The van der Waals surface area contributed by atoms with Gasteiger partial charge >= 0.3 is 6.03 Å². The number of nitrogens with one attached hydrogen (secondary N) is 1. The van der Waals surface area contributed by atoms with Gasteiger partial charge in [-0.15, -0.1) is 5.10 Å². The molecule has 30 heavy (non-hydrogen) atoms. The Labute approximate surface area is 171 Å². The van der Waals surface area contributed by atoms with Crippen LogP contribution in [0.25, 0.3) is 5.52 Å². The quantitative estimate of drug-likeness (QED) is 0.608. The molecular formula is C19H21N9O2. The van der Waals surface area contributed by atoms with Crippen molar-refractivity contribution in [2.24, 2.45) is 0 Å². The fraction of sp³-hybridized carbons (Fsp3) is 0.368. The number of nitrogen functional groups attached to an aromatic ring is 1. The van der Waals surface area contributed by atoms with Crippen LogP contribution >= 0.6 is 0 Å². The summed E-state index contributed by atoms with van der Waals surface area (Å²) in [5, 5.41) is 15.4. The van der Waals surface area contributed by atoms with Crippen molar-refractivity contribution >= 4 is 35.0 Å². The van der Waals surface area contributed by atoms with Gasteiger partial charge < -0.3 is 11.1 Å². The molecule has 3 amide bonds. The average Bonchev–Trinajstić information content (AvgIpc) is 3.43. The maximum atomic E-state index is 12.6. The Bertz CT molecular complexity index is 1170. The lowest BCUT2D eigenvalue weighted by Gasteiger charge is -2.17. The van der Waals surface area contributed by atoms with Crippen LogP contribution in [0, 0.1) is 0 Å². The predicted molar refractivity (Wildman–Crippen MR) is 109 cm³/mol. The largest absolute Gasteiger partial charge is 0.366 e. The van der Waals surface area contributed by atoms with Gasteiger partial charge in [0.05, 0.1) is 23.4 Å². The molecule has 3 aromatic rings. The maximum absolute atomic E-state index is 12.6. The van der Waals surface area contributed by atoms with Crippen molar-refractivity contribution in [3.8, 4) is 0 Å². The Morgan fingerprint density at radius 2 is 2.03 bits per heavy atom. The molecule has 11 nitrogen and oxygen atoms in total. The van der Waals surface area contributed by atoms with E-state index in [1.165, 1.54) is 18.1 Å². The summed E-state index contributed by atoms with van der Waals surface area (Å²) in [5.41, 5.74) is 8.38. The Hall–Kier alpha value is -3.76. The molecule has 1 saturated heterocycles. The zero-order valence-corrected chi connectivity index (χ0v) is 16.6. The number of likely N-dealkylation sites (N-methyl/N-ethyl adjacent to an activating group) is 1. The van der Waals surface area contributed by atoms with Gasteiger partial charge in [-0.2, -0.15) is 15.2 Å². The SMILES string of the molecule is C[C@@H](Nc1cnnc(N)n1)c1cc2cc(C3CC3)cc(N3CC(=O)N(C)C3=O)n2n1. The zero-order chi connectivity index (χ0) is 21.0. The van der Waals surface area contributed by atoms with Crippen LogP contribution in [0.3, 0.4) is 0 Å². The number of carbonyl (C=O) groups is 2. The molecule has 1 aliphatic carbocycles. The van der Waals surface area contributed by atoms with Crippen LogP contribution in [-0.2, 0) is 4.79 Å². The van der Waals surface area contributed by atoms with Gasteiger partial charge in [0, 0.05) is 7.05 Å². The molecule has 4 heterocycles. The van der Waals surface area contributed by atoms with E-state index in [9.17, 15) is 9.59 Å². The van der Waals surface area contributed by atoms with Crippen LogP contribution in [0.15, 0.2) is 24.4 Å². The summed E-state index contributed by atoms with van der Waals surface area (Å²) in [6.07, 6.45) is 3.75. The third kappa shape index (κ3) is 3.08. The van der Waals surface area contributed by atoms with Crippen molar-refractivity contribution in [3.63, 3.8) is 0 Å². The second-order valence-electron chi connectivity index (χ2n) is 7.71. The van der Waals surface area contributed by atoms with E-state index in [4.69, 9.17) is 10.8 Å². The Morgan fingerprint density at radius 1 is 1.23 bits per heavy atom. The van der Waals surface area contributed by atoms with Crippen LogP contribution < -0.4 is 16.0 Å². The molecule has 0 aromatic carbocycles. The highest BCUT2D eigenvalue weighted by atomic mass is 16.2. The van der Waals surface area contributed by atoms with Crippen molar-refractivity contribution in [2.45, 2.75) is 31.7 Å². The molecule has 1 saturated carbocycles. The van der Waals surface area contributed by atoms with Gasteiger partial charge in [0.1, 0.15) is 12.4 Å². The van der Waals surface area contributed by atoms with E-state index in [1.807, 2.05) is 19.1 Å². The van der Waals surface area contributed by atoms with Crippen LogP contribution in [-0.4, -0.2) is 55.2 Å².